The van der Waals surface area contributed by atoms with Crippen LogP contribution in [0.3, 0.4) is 0 Å². The summed E-state index contributed by atoms with van der Waals surface area (Å²) in [6, 6.07) is 3.70. The highest BCUT2D eigenvalue weighted by Crippen LogP contribution is 2.27. The molecule has 0 N–H and O–H groups in total. The largest absolute Gasteiger partial charge is 0.433 e. The summed E-state index contributed by atoms with van der Waals surface area (Å²) in [5.74, 6) is -0.0609. The fourth-order valence-corrected chi connectivity index (χ4v) is 1.08. The van der Waals surface area contributed by atoms with Gasteiger partial charge in [0.25, 0.3) is 0 Å². The van der Waals surface area contributed by atoms with Gasteiger partial charge in [-0.25, -0.2) is 4.98 Å². The Morgan fingerprint density at radius 1 is 1.40 bits per heavy atom. The second kappa shape index (κ2) is 4.42. The molecule has 0 fully saturated rings. The van der Waals surface area contributed by atoms with Crippen LogP contribution in [0.15, 0.2) is 18.2 Å². The van der Waals surface area contributed by atoms with Gasteiger partial charge >= 0.3 is 6.18 Å². The van der Waals surface area contributed by atoms with E-state index < -0.39 is 11.9 Å². The molecule has 5 heteroatoms. The van der Waals surface area contributed by atoms with Crippen LogP contribution in [0.5, 0.6) is 0 Å². The van der Waals surface area contributed by atoms with Crippen LogP contribution in [0.2, 0.25) is 0 Å². The lowest BCUT2D eigenvalue weighted by molar-refractivity contribution is -0.141. The van der Waals surface area contributed by atoms with E-state index in [2.05, 4.69) is 4.98 Å². The van der Waals surface area contributed by atoms with Crippen LogP contribution in [0.4, 0.5) is 13.2 Å². The fourth-order valence-electron chi connectivity index (χ4n) is 1.08. The first-order chi connectivity index (χ1) is 6.89. The zero-order valence-electron chi connectivity index (χ0n) is 8.14. The van der Waals surface area contributed by atoms with Gasteiger partial charge in [0, 0.05) is 12.1 Å². The van der Waals surface area contributed by atoms with Gasteiger partial charge in [0.2, 0.25) is 0 Å². The van der Waals surface area contributed by atoms with Crippen molar-refractivity contribution in [1.29, 1.82) is 0 Å². The Morgan fingerprint density at radius 3 is 2.60 bits per heavy atom. The molecule has 0 aromatic carbocycles. The van der Waals surface area contributed by atoms with Crippen molar-refractivity contribution < 1.29 is 18.0 Å². The topological polar surface area (TPSA) is 30.0 Å². The lowest BCUT2D eigenvalue weighted by atomic mass is 10.1. The maximum atomic E-state index is 12.2. The molecule has 2 nitrogen and oxygen atoms in total. The monoisotopic (exact) mass is 217 g/mol. The maximum Gasteiger partial charge on any atom is 0.433 e. The highest BCUT2D eigenvalue weighted by molar-refractivity contribution is 5.75. The lowest BCUT2D eigenvalue weighted by Gasteiger charge is -2.06. The van der Waals surface area contributed by atoms with Crippen molar-refractivity contribution in [2.24, 2.45) is 0 Å². The second-order valence-corrected chi connectivity index (χ2v) is 3.21. The Hall–Kier alpha value is -1.39. The highest BCUT2D eigenvalue weighted by atomic mass is 19.4. The van der Waals surface area contributed by atoms with Crippen LogP contribution in [-0.4, -0.2) is 10.8 Å². The molecule has 1 heterocycles. The third kappa shape index (κ3) is 3.69. The molecule has 0 saturated heterocycles. The molecule has 0 aliphatic rings. The fraction of sp³-hybridized carbons (Fsp3) is 0.400. The number of hydrogen-bond donors (Lipinski definition) is 0. The Bertz CT molecular complexity index is 360. The van der Waals surface area contributed by atoms with E-state index in [1.54, 1.807) is 0 Å². The number of carbonyl (C=O) groups is 1. The summed E-state index contributed by atoms with van der Waals surface area (Å²) in [6.07, 6.45) is -3.96. The van der Waals surface area contributed by atoms with Gasteiger partial charge in [-0.2, -0.15) is 13.2 Å². The van der Waals surface area contributed by atoms with Crippen molar-refractivity contribution in [2.75, 3.05) is 0 Å². The number of halogens is 3. The van der Waals surface area contributed by atoms with Gasteiger partial charge in [-0.05, 0) is 25.5 Å². The van der Waals surface area contributed by atoms with E-state index in [9.17, 15) is 18.0 Å². The number of rotatable bonds is 3. The molecule has 0 saturated carbocycles. The second-order valence-electron chi connectivity index (χ2n) is 3.21. The molecule has 0 unspecified atom stereocenters. The minimum atomic E-state index is -4.42. The number of aromatic nitrogens is 1. The van der Waals surface area contributed by atoms with Gasteiger partial charge in [0.05, 0.1) is 0 Å². The van der Waals surface area contributed by atoms with Crippen molar-refractivity contribution in [1.82, 2.24) is 4.98 Å². The summed E-state index contributed by atoms with van der Waals surface area (Å²) in [7, 11) is 0. The molecule has 0 spiro atoms. The van der Waals surface area contributed by atoms with Crippen molar-refractivity contribution in [2.45, 2.75) is 25.9 Å². The molecule has 1 aromatic heterocycles. The predicted molar refractivity (Wildman–Crippen MR) is 48.2 cm³/mol. The predicted octanol–water partition coefficient (Wildman–Crippen LogP) is 2.62. The standard InChI is InChI=1S/C10H10F3NO/c1-7(15)5-6-8-3-2-4-9(14-8)10(11,12)13/h2-4H,5-6H2,1H3. The molecule has 0 amide bonds. The molecule has 82 valence electrons. The molecule has 0 radical (unpaired) electrons. The average molecular weight is 217 g/mol. The van der Waals surface area contributed by atoms with Crippen molar-refractivity contribution in [3.8, 4) is 0 Å². The van der Waals surface area contributed by atoms with Gasteiger partial charge in [-0.15, -0.1) is 0 Å². The quantitative estimate of drug-likeness (QED) is 0.778. The van der Waals surface area contributed by atoms with Crippen molar-refractivity contribution >= 4 is 5.78 Å². The minimum absolute atomic E-state index is 0.0609. The van der Waals surface area contributed by atoms with Crippen LogP contribution >= 0.6 is 0 Å². The van der Waals surface area contributed by atoms with Gasteiger partial charge in [0.15, 0.2) is 0 Å². The number of Topliss-reactive ketones (excluding diaryl/α,β-unsaturated/α-hetero) is 1. The van der Waals surface area contributed by atoms with E-state index in [0.717, 1.165) is 6.07 Å². The van der Waals surface area contributed by atoms with Crippen LogP contribution in [0.25, 0.3) is 0 Å². The zero-order chi connectivity index (χ0) is 11.5. The smallest absolute Gasteiger partial charge is 0.300 e. The van der Waals surface area contributed by atoms with Gasteiger partial charge in [0.1, 0.15) is 11.5 Å². The van der Waals surface area contributed by atoms with E-state index in [0.29, 0.717) is 5.69 Å². The Balaban J connectivity index is 2.79. The summed E-state index contributed by atoms with van der Waals surface area (Å²) in [5, 5.41) is 0. The van der Waals surface area contributed by atoms with Crippen LogP contribution < -0.4 is 0 Å². The molecule has 0 aliphatic heterocycles. The molecule has 0 aliphatic carbocycles. The Labute approximate surface area is 85.1 Å². The molecule has 1 aromatic rings. The first-order valence-electron chi connectivity index (χ1n) is 4.42. The van der Waals surface area contributed by atoms with Gasteiger partial charge < -0.3 is 4.79 Å². The van der Waals surface area contributed by atoms with E-state index in [4.69, 9.17) is 0 Å². The highest BCUT2D eigenvalue weighted by Gasteiger charge is 2.32. The lowest BCUT2D eigenvalue weighted by Crippen LogP contribution is -2.09. The molecular formula is C10H10F3NO. The summed E-state index contributed by atoms with van der Waals surface area (Å²) in [5.41, 5.74) is -0.622. The minimum Gasteiger partial charge on any atom is -0.300 e. The Morgan fingerprint density at radius 2 is 2.07 bits per heavy atom. The molecule has 0 atom stereocenters. The van der Waals surface area contributed by atoms with E-state index in [1.807, 2.05) is 0 Å². The zero-order valence-corrected chi connectivity index (χ0v) is 8.14. The first kappa shape index (κ1) is 11.7. The number of pyridine rings is 1. The average Bonchev–Trinajstić information content (AvgIpc) is 2.14. The molecule has 1 rings (SSSR count). The van der Waals surface area contributed by atoms with Crippen LogP contribution in [-0.2, 0) is 17.4 Å². The normalized spacial score (nSPS) is 11.5. The third-order valence-corrected chi connectivity index (χ3v) is 1.83. The molecule has 15 heavy (non-hydrogen) atoms. The van der Waals surface area contributed by atoms with Crippen molar-refractivity contribution in [3.63, 3.8) is 0 Å². The molecular weight excluding hydrogens is 207 g/mol. The summed E-state index contributed by atoms with van der Waals surface area (Å²) >= 11 is 0. The number of aryl methyl sites for hydroxylation is 1. The Kier molecular flexibility index (Phi) is 3.44. The maximum absolute atomic E-state index is 12.2. The van der Waals surface area contributed by atoms with E-state index in [-0.39, 0.29) is 18.6 Å². The number of hydrogen-bond acceptors (Lipinski definition) is 2. The van der Waals surface area contributed by atoms with Crippen LogP contribution in [0.1, 0.15) is 24.7 Å². The summed E-state index contributed by atoms with van der Waals surface area (Å²) < 4.78 is 36.7. The number of nitrogens with zero attached hydrogens (tertiary/aromatic N) is 1. The number of carbonyl (C=O) groups excluding carboxylic acids is 1. The molecule has 0 bridgehead atoms. The summed E-state index contributed by atoms with van der Waals surface area (Å²) in [4.78, 5) is 14.1. The number of ketones is 1. The van der Waals surface area contributed by atoms with Gasteiger partial charge in [-0.1, -0.05) is 6.07 Å². The summed E-state index contributed by atoms with van der Waals surface area (Å²) in [6.45, 7) is 1.40. The van der Waals surface area contributed by atoms with Crippen LogP contribution in [0, 0.1) is 0 Å². The van der Waals surface area contributed by atoms with E-state index >= 15 is 0 Å². The SMILES string of the molecule is CC(=O)CCc1cccc(C(F)(F)F)n1. The van der Waals surface area contributed by atoms with Crippen molar-refractivity contribution in [3.05, 3.63) is 29.6 Å². The van der Waals surface area contributed by atoms with Gasteiger partial charge in [-0.3, -0.25) is 0 Å². The number of alkyl halides is 3. The first-order valence-corrected chi connectivity index (χ1v) is 4.42. The third-order valence-electron chi connectivity index (χ3n) is 1.83. The van der Waals surface area contributed by atoms with E-state index in [1.165, 1.54) is 19.1 Å².